The van der Waals surface area contributed by atoms with Crippen molar-refractivity contribution in [2.75, 3.05) is 45.0 Å². The van der Waals surface area contributed by atoms with Crippen LogP contribution in [0.2, 0.25) is 0 Å². The first-order valence-corrected chi connectivity index (χ1v) is 11.4. The van der Waals surface area contributed by atoms with E-state index in [0.717, 1.165) is 30.7 Å². The number of aliphatic imine (C=N–C) groups is 1. The third-order valence-electron chi connectivity index (χ3n) is 4.85. The van der Waals surface area contributed by atoms with Crippen LogP contribution in [0.25, 0.3) is 0 Å². The summed E-state index contributed by atoms with van der Waals surface area (Å²) in [6.07, 6.45) is -1.68. The zero-order chi connectivity index (χ0) is 21.1. The van der Waals surface area contributed by atoms with Crippen molar-refractivity contribution in [3.8, 4) is 0 Å². The lowest BCUT2D eigenvalue weighted by Crippen LogP contribution is -2.40. The predicted molar refractivity (Wildman–Crippen MR) is 127 cm³/mol. The number of nitrogens with one attached hydrogen (secondary N) is 2. The van der Waals surface area contributed by atoms with E-state index in [4.69, 9.17) is 0 Å². The van der Waals surface area contributed by atoms with Crippen LogP contribution in [-0.4, -0.2) is 66.3 Å². The fourth-order valence-electron chi connectivity index (χ4n) is 3.34. The molecule has 0 amide bonds. The molecular formula is C20H32F3IN4OS. The summed E-state index contributed by atoms with van der Waals surface area (Å²) < 4.78 is 49.6. The Morgan fingerprint density at radius 1 is 1.20 bits per heavy atom. The highest BCUT2D eigenvalue weighted by Gasteiger charge is 2.32. The van der Waals surface area contributed by atoms with Gasteiger partial charge in [-0.3, -0.25) is 14.1 Å². The Bertz CT molecular complexity index is 653. The first kappa shape index (κ1) is 27.2. The van der Waals surface area contributed by atoms with Gasteiger partial charge in [-0.2, -0.15) is 13.2 Å². The summed E-state index contributed by atoms with van der Waals surface area (Å²) in [7, 11) is -1.05. The molecule has 1 fully saturated rings. The van der Waals surface area contributed by atoms with Crippen molar-refractivity contribution >= 4 is 40.7 Å². The van der Waals surface area contributed by atoms with Gasteiger partial charge in [-0.15, -0.1) is 24.0 Å². The molecule has 0 bridgehead atoms. The van der Waals surface area contributed by atoms with Crippen molar-refractivity contribution in [3.63, 3.8) is 0 Å². The van der Waals surface area contributed by atoms with Crippen LogP contribution in [0.1, 0.15) is 26.2 Å². The third-order valence-corrected chi connectivity index (χ3v) is 6.22. The van der Waals surface area contributed by atoms with Gasteiger partial charge in [0.2, 0.25) is 0 Å². The number of nitrogens with zero attached hydrogens (tertiary/aromatic N) is 2. The fraction of sp³-hybridized carbons (Fsp3) is 0.650. The molecule has 1 aliphatic heterocycles. The van der Waals surface area contributed by atoms with Crippen molar-refractivity contribution < 1.29 is 17.4 Å². The molecule has 172 valence electrons. The second kappa shape index (κ2) is 14.2. The van der Waals surface area contributed by atoms with Gasteiger partial charge in [0.25, 0.3) is 0 Å². The lowest BCUT2D eigenvalue weighted by atomic mass is 9.93. The van der Waals surface area contributed by atoms with Gasteiger partial charge in [-0.25, -0.2) is 0 Å². The van der Waals surface area contributed by atoms with E-state index < -0.39 is 23.5 Å². The Labute approximate surface area is 196 Å². The van der Waals surface area contributed by atoms with Gasteiger partial charge < -0.3 is 10.6 Å². The minimum Gasteiger partial charge on any atom is -0.357 e. The molecule has 1 saturated heterocycles. The minimum absolute atomic E-state index is 0. The Morgan fingerprint density at radius 3 is 2.47 bits per heavy atom. The zero-order valence-electron chi connectivity index (χ0n) is 17.3. The molecule has 1 heterocycles. The maximum absolute atomic E-state index is 12.5. The monoisotopic (exact) mass is 560 g/mol. The second-order valence-corrected chi connectivity index (χ2v) is 8.74. The van der Waals surface area contributed by atoms with Crippen molar-refractivity contribution in [2.45, 2.75) is 37.3 Å². The molecule has 30 heavy (non-hydrogen) atoms. The van der Waals surface area contributed by atoms with E-state index in [1.54, 1.807) is 0 Å². The van der Waals surface area contributed by atoms with E-state index in [9.17, 15) is 17.4 Å². The largest absolute Gasteiger partial charge is 0.401 e. The number of likely N-dealkylation sites (tertiary alicyclic amines) is 1. The van der Waals surface area contributed by atoms with E-state index in [2.05, 4.69) is 15.6 Å². The standard InChI is InChI=1S/C20H31F3N4OS.HI/c1-2-24-19(26-12-15-29(28)18-6-4-3-5-7-18)25-11-8-17-9-13-27(14-10-17)16-20(21,22)23;/h3-7,17H,2,8-16H2,1H3,(H2,24,25,26);1H. The number of alkyl halides is 3. The van der Waals surface area contributed by atoms with Crippen LogP contribution in [0.15, 0.2) is 40.2 Å². The summed E-state index contributed by atoms with van der Waals surface area (Å²) in [6.45, 7) is 4.06. The SMILES string of the molecule is CCNC(=NCCC1CCN(CC(F)(F)F)CC1)NCCS(=O)c1ccccc1.I. The van der Waals surface area contributed by atoms with Crippen molar-refractivity contribution in [1.29, 1.82) is 0 Å². The van der Waals surface area contributed by atoms with Crippen LogP contribution in [0.4, 0.5) is 13.2 Å². The Morgan fingerprint density at radius 2 is 1.87 bits per heavy atom. The topological polar surface area (TPSA) is 56.7 Å². The summed E-state index contributed by atoms with van der Waals surface area (Å²) in [4.78, 5) is 6.85. The fourth-order valence-corrected chi connectivity index (χ4v) is 4.32. The zero-order valence-corrected chi connectivity index (χ0v) is 20.4. The molecule has 2 N–H and O–H groups in total. The molecule has 0 aliphatic carbocycles. The summed E-state index contributed by atoms with van der Waals surface area (Å²) in [5.74, 6) is 1.59. The number of hydrogen-bond acceptors (Lipinski definition) is 3. The number of guanidine groups is 1. The molecule has 0 radical (unpaired) electrons. The molecule has 5 nitrogen and oxygen atoms in total. The Hall–Kier alpha value is -0.880. The van der Waals surface area contributed by atoms with Gasteiger partial charge in [0.05, 0.1) is 17.3 Å². The van der Waals surface area contributed by atoms with Crippen LogP contribution in [0.5, 0.6) is 0 Å². The van der Waals surface area contributed by atoms with E-state index in [-0.39, 0.29) is 24.0 Å². The van der Waals surface area contributed by atoms with Crippen LogP contribution in [0, 0.1) is 5.92 Å². The summed E-state index contributed by atoms with van der Waals surface area (Å²) in [6, 6.07) is 9.36. The molecule has 10 heteroatoms. The molecule has 1 aromatic carbocycles. The van der Waals surface area contributed by atoms with Gasteiger partial charge in [-0.1, -0.05) is 18.2 Å². The molecule has 0 aromatic heterocycles. The molecule has 0 saturated carbocycles. The molecule has 2 rings (SSSR count). The third kappa shape index (κ3) is 10.9. The van der Waals surface area contributed by atoms with Crippen LogP contribution in [0.3, 0.4) is 0 Å². The number of hydrogen-bond donors (Lipinski definition) is 2. The van der Waals surface area contributed by atoms with Gasteiger partial charge in [0.15, 0.2) is 5.96 Å². The summed E-state index contributed by atoms with van der Waals surface area (Å²) >= 11 is 0. The van der Waals surface area contributed by atoms with E-state index in [0.29, 0.717) is 43.8 Å². The number of piperidine rings is 1. The smallest absolute Gasteiger partial charge is 0.357 e. The lowest BCUT2D eigenvalue weighted by molar-refractivity contribution is -0.148. The van der Waals surface area contributed by atoms with Gasteiger partial charge >= 0.3 is 6.18 Å². The normalized spacial score (nSPS) is 17.3. The first-order chi connectivity index (χ1) is 13.9. The van der Waals surface area contributed by atoms with Crippen molar-refractivity contribution in [2.24, 2.45) is 10.9 Å². The number of halogens is 4. The molecule has 1 unspecified atom stereocenters. The van der Waals surface area contributed by atoms with Crippen LogP contribution >= 0.6 is 24.0 Å². The van der Waals surface area contributed by atoms with Crippen molar-refractivity contribution in [3.05, 3.63) is 30.3 Å². The lowest BCUT2D eigenvalue weighted by Gasteiger charge is -2.32. The Kier molecular flexibility index (Phi) is 12.9. The quantitative estimate of drug-likeness (QED) is 0.275. The van der Waals surface area contributed by atoms with E-state index in [1.807, 2.05) is 37.3 Å². The van der Waals surface area contributed by atoms with Gasteiger partial charge in [0, 0.05) is 30.3 Å². The highest BCUT2D eigenvalue weighted by atomic mass is 127. The number of benzene rings is 1. The minimum atomic E-state index is -4.12. The maximum atomic E-state index is 12.5. The van der Waals surface area contributed by atoms with Gasteiger partial charge in [0.1, 0.15) is 0 Å². The average Bonchev–Trinajstić information content (AvgIpc) is 2.69. The second-order valence-electron chi connectivity index (χ2n) is 7.17. The van der Waals surface area contributed by atoms with Crippen LogP contribution < -0.4 is 10.6 Å². The van der Waals surface area contributed by atoms with Crippen molar-refractivity contribution in [1.82, 2.24) is 15.5 Å². The molecule has 0 spiro atoms. The molecule has 1 aromatic rings. The van der Waals surface area contributed by atoms with E-state index >= 15 is 0 Å². The summed E-state index contributed by atoms with van der Waals surface area (Å²) in [5, 5.41) is 6.38. The predicted octanol–water partition coefficient (Wildman–Crippen LogP) is 3.63. The maximum Gasteiger partial charge on any atom is 0.401 e. The van der Waals surface area contributed by atoms with E-state index in [1.165, 1.54) is 4.90 Å². The molecule has 1 atom stereocenters. The molecule has 1 aliphatic rings. The number of rotatable bonds is 9. The van der Waals surface area contributed by atoms with Crippen LogP contribution in [-0.2, 0) is 10.8 Å². The Balaban J connectivity index is 0.00000450. The highest BCUT2D eigenvalue weighted by molar-refractivity contribution is 14.0. The summed E-state index contributed by atoms with van der Waals surface area (Å²) in [5.41, 5.74) is 0. The average molecular weight is 560 g/mol. The molecular weight excluding hydrogens is 528 g/mol. The van der Waals surface area contributed by atoms with Gasteiger partial charge in [-0.05, 0) is 57.3 Å². The first-order valence-electron chi connectivity index (χ1n) is 10.1. The highest BCUT2D eigenvalue weighted by Crippen LogP contribution is 2.24.